The number of hydrogen-bond acceptors (Lipinski definition) is 3. The Morgan fingerprint density at radius 3 is 2.16 bits per heavy atom. The highest BCUT2D eigenvalue weighted by Crippen LogP contribution is 2.26. The van der Waals surface area contributed by atoms with Gasteiger partial charge >= 0.3 is 0 Å². The third-order valence-corrected chi connectivity index (χ3v) is 4.50. The van der Waals surface area contributed by atoms with Gasteiger partial charge in [0.25, 0.3) is 0 Å². The summed E-state index contributed by atoms with van der Waals surface area (Å²) in [6.45, 7) is 0. The van der Waals surface area contributed by atoms with E-state index in [0.29, 0.717) is 11.6 Å². The molecule has 1 aliphatic rings. The van der Waals surface area contributed by atoms with Crippen molar-refractivity contribution >= 4 is 21.5 Å². The van der Waals surface area contributed by atoms with Crippen LogP contribution in [-0.2, 0) is 0 Å². The second kappa shape index (κ2) is 7.11. The molecule has 0 amide bonds. The molecule has 0 unspecified atom stereocenters. The van der Waals surface area contributed by atoms with E-state index in [1.165, 1.54) is 0 Å². The average molecular weight is 390 g/mol. The third-order valence-electron chi connectivity index (χ3n) is 4.00. The Labute approximate surface area is 155 Å². The first-order valence-corrected chi connectivity index (χ1v) is 9.03. The second-order valence-corrected chi connectivity index (χ2v) is 6.74. The molecule has 4 rings (SSSR count). The van der Waals surface area contributed by atoms with E-state index in [2.05, 4.69) is 34.2 Å². The number of rotatable bonds is 3. The van der Waals surface area contributed by atoms with Crippen LogP contribution in [0.5, 0.6) is 0 Å². The van der Waals surface area contributed by atoms with Crippen molar-refractivity contribution in [1.82, 2.24) is 15.0 Å². The third kappa shape index (κ3) is 3.59. The summed E-state index contributed by atoms with van der Waals surface area (Å²) in [4.78, 5) is 14.2. The van der Waals surface area contributed by atoms with Crippen LogP contribution in [0.2, 0.25) is 0 Å². The number of halogens is 1. The van der Waals surface area contributed by atoms with Crippen molar-refractivity contribution in [3.63, 3.8) is 0 Å². The maximum atomic E-state index is 4.73. The van der Waals surface area contributed by atoms with Gasteiger partial charge in [-0.3, -0.25) is 0 Å². The molecule has 2 aromatic carbocycles. The van der Waals surface area contributed by atoms with E-state index in [0.717, 1.165) is 39.8 Å². The summed E-state index contributed by atoms with van der Waals surface area (Å²) in [5.74, 6) is 2.10. The van der Waals surface area contributed by atoms with E-state index in [4.69, 9.17) is 15.0 Å². The number of aromatic nitrogens is 3. The molecular weight excluding hydrogens is 374 g/mol. The quantitative estimate of drug-likeness (QED) is 0.576. The molecule has 25 heavy (non-hydrogen) atoms. The highest BCUT2D eigenvalue weighted by Gasteiger charge is 2.13. The number of nitrogens with zero attached hydrogens (tertiary/aromatic N) is 3. The molecule has 0 saturated heterocycles. The van der Waals surface area contributed by atoms with Crippen molar-refractivity contribution in [1.29, 1.82) is 0 Å². The van der Waals surface area contributed by atoms with Gasteiger partial charge in [0, 0.05) is 21.2 Å². The van der Waals surface area contributed by atoms with Gasteiger partial charge in [0.05, 0.1) is 0 Å². The summed E-state index contributed by atoms with van der Waals surface area (Å²) in [7, 11) is 0. The molecule has 3 aromatic rings. The van der Waals surface area contributed by atoms with Gasteiger partial charge in [-0.1, -0.05) is 76.6 Å². The molecule has 1 aromatic heterocycles. The largest absolute Gasteiger partial charge is 0.208 e. The topological polar surface area (TPSA) is 38.7 Å². The molecule has 0 bridgehead atoms. The smallest absolute Gasteiger partial charge is 0.164 e. The van der Waals surface area contributed by atoms with Crippen LogP contribution in [0.15, 0.2) is 77.3 Å². The van der Waals surface area contributed by atoms with Crippen LogP contribution in [0.1, 0.15) is 18.7 Å². The van der Waals surface area contributed by atoms with Crippen LogP contribution in [0.25, 0.3) is 28.3 Å². The molecule has 1 heterocycles. The zero-order chi connectivity index (χ0) is 17.1. The van der Waals surface area contributed by atoms with Crippen molar-refractivity contribution in [2.24, 2.45) is 0 Å². The van der Waals surface area contributed by atoms with Gasteiger partial charge in [0.2, 0.25) is 0 Å². The predicted octanol–water partition coefficient (Wildman–Crippen LogP) is 5.70. The van der Waals surface area contributed by atoms with E-state index in [9.17, 15) is 0 Å². The van der Waals surface area contributed by atoms with Crippen LogP contribution < -0.4 is 0 Å². The molecule has 0 aliphatic heterocycles. The van der Waals surface area contributed by atoms with Gasteiger partial charge in [-0.25, -0.2) is 15.0 Å². The summed E-state index contributed by atoms with van der Waals surface area (Å²) in [5, 5.41) is 0. The zero-order valence-corrected chi connectivity index (χ0v) is 15.1. The Hall–Kier alpha value is -2.59. The van der Waals surface area contributed by atoms with Crippen LogP contribution in [0.3, 0.4) is 0 Å². The van der Waals surface area contributed by atoms with E-state index < -0.39 is 0 Å². The first-order chi connectivity index (χ1) is 12.3. The highest BCUT2D eigenvalue weighted by atomic mass is 79.9. The fraction of sp³-hybridized carbons (Fsp3) is 0.0952. The summed E-state index contributed by atoms with van der Waals surface area (Å²) >= 11 is 3.52. The molecule has 122 valence electrons. The van der Waals surface area contributed by atoms with Gasteiger partial charge in [-0.05, 0) is 25.0 Å². The first-order valence-electron chi connectivity index (χ1n) is 8.24. The normalized spacial score (nSPS) is 13.6. The minimum atomic E-state index is 0.685. The Bertz CT molecular complexity index is 962. The molecule has 3 nitrogen and oxygen atoms in total. The van der Waals surface area contributed by atoms with Crippen LogP contribution >= 0.6 is 15.9 Å². The molecule has 0 spiro atoms. The fourth-order valence-electron chi connectivity index (χ4n) is 2.76. The summed E-state index contributed by atoms with van der Waals surface area (Å²) in [6, 6.07) is 18.1. The Balaban J connectivity index is 1.89. The van der Waals surface area contributed by atoms with Gasteiger partial charge in [0.1, 0.15) is 0 Å². The van der Waals surface area contributed by atoms with Gasteiger partial charge in [-0.15, -0.1) is 0 Å². The molecule has 0 N–H and O–H groups in total. The van der Waals surface area contributed by atoms with Crippen molar-refractivity contribution in [3.8, 4) is 22.8 Å². The lowest BCUT2D eigenvalue weighted by molar-refractivity contribution is 1.01. The fourth-order valence-corrected chi connectivity index (χ4v) is 3.16. The summed E-state index contributed by atoms with van der Waals surface area (Å²) < 4.78 is 1.00. The second-order valence-electron chi connectivity index (χ2n) is 5.82. The zero-order valence-electron chi connectivity index (χ0n) is 13.6. The van der Waals surface area contributed by atoms with Gasteiger partial charge in [0.15, 0.2) is 17.5 Å². The van der Waals surface area contributed by atoms with Gasteiger partial charge in [-0.2, -0.15) is 0 Å². The lowest BCUT2D eigenvalue weighted by Gasteiger charge is -2.10. The monoisotopic (exact) mass is 389 g/mol. The SMILES string of the molecule is Brc1cccc(-c2nc(C3=CCCC=C3)nc(-c3ccccc3)n2)c1. The lowest BCUT2D eigenvalue weighted by Crippen LogP contribution is -2.03. The van der Waals surface area contributed by atoms with E-state index in [1.54, 1.807) is 0 Å². The van der Waals surface area contributed by atoms with Gasteiger partial charge < -0.3 is 0 Å². The van der Waals surface area contributed by atoms with Crippen molar-refractivity contribution in [2.45, 2.75) is 12.8 Å². The highest BCUT2D eigenvalue weighted by molar-refractivity contribution is 9.10. The minimum Gasteiger partial charge on any atom is -0.208 e. The van der Waals surface area contributed by atoms with E-state index in [1.807, 2.05) is 54.6 Å². The maximum absolute atomic E-state index is 4.73. The average Bonchev–Trinajstić information content (AvgIpc) is 2.69. The molecule has 4 heteroatoms. The van der Waals surface area contributed by atoms with Crippen LogP contribution in [0, 0.1) is 0 Å². The molecule has 0 saturated carbocycles. The van der Waals surface area contributed by atoms with Crippen LogP contribution in [-0.4, -0.2) is 15.0 Å². The lowest BCUT2D eigenvalue weighted by atomic mass is 10.1. The standard InChI is InChI=1S/C21H16BrN3/c22-18-13-7-12-17(14-18)21-24-19(15-8-3-1-4-9-15)23-20(25-21)16-10-5-2-6-11-16/h1,3-5,7-14H,2,6H2. The minimum absolute atomic E-state index is 0.685. The van der Waals surface area contributed by atoms with E-state index >= 15 is 0 Å². The molecule has 1 aliphatic carbocycles. The number of hydrogen-bond donors (Lipinski definition) is 0. The number of allylic oxidation sites excluding steroid dienone is 4. The Morgan fingerprint density at radius 1 is 0.720 bits per heavy atom. The van der Waals surface area contributed by atoms with Crippen molar-refractivity contribution in [2.75, 3.05) is 0 Å². The van der Waals surface area contributed by atoms with Crippen LogP contribution in [0.4, 0.5) is 0 Å². The Kier molecular flexibility index (Phi) is 4.53. The van der Waals surface area contributed by atoms with Crippen molar-refractivity contribution < 1.29 is 0 Å². The van der Waals surface area contributed by atoms with Crippen molar-refractivity contribution in [3.05, 3.63) is 83.1 Å². The molecule has 0 radical (unpaired) electrons. The summed E-state index contributed by atoms with van der Waals surface area (Å²) in [6.07, 6.45) is 8.54. The number of benzene rings is 2. The predicted molar refractivity (Wildman–Crippen MR) is 105 cm³/mol. The maximum Gasteiger partial charge on any atom is 0.164 e. The molecule has 0 atom stereocenters. The summed E-state index contributed by atoms with van der Waals surface area (Å²) in [5.41, 5.74) is 3.01. The van der Waals surface area contributed by atoms with E-state index in [-0.39, 0.29) is 0 Å². The Morgan fingerprint density at radius 2 is 1.44 bits per heavy atom. The molecule has 0 fully saturated rings. The molecular formula is C21H16BrN3. The first kappa shape index (κ1) is 15.9.